The van der Waals surface area contributed by atoms with Crippen LogP contribution in [0.25, 0.3) is 0 Å². The second-order valence-corrected chi connectivity index (χ2v) is 7.15. The van der Waals surface area contributed by atoms with Crippen molar-refractivity contribution in [2.45, 2.75) is 19.1 Å². The summed E-state index contributed by atoms with van der Waals surface area (Å²) in [4.78, 5) is 33.5. The number of benzene rings is 1. The molecule has 3 heterocycles. The van der Waals surface area contributed by atoms with Crippen LogP contribution in [-0.2, 0) is 14.4 Å². The first-order chi connectivity index (χ1) is 11.6. The summed E-state index contributed by atoms with van der Waals surface area (Å²) in [6.07, 6.45) is -0.764. The number of carbonyl (C=O) groups is 2. The van der Waals surface area contributed by atoms with Gasteiger partial charge in [0.25, 0.3) is 5.91 Å². The molecule has 2 fully saturated rings. The van der Waals surface area contributed by atoms with E-state index in [1.165, 1.54) is 4.90 Å². The average molecular weight is 363 g/mol. The number of hydrogen-bond acceptors (Lipinski definition) is 5. The quantitative estimate of drug-likeness (QED) is 0.786. The molecule has 2 saturated heterocycles. The number of rotatable bonds is 3. The molecule has 2 aliphatic heterocycles. The number of halogens is 1. The number of imide groups is 1. The molecule has 7 heteroatoms. The SMILES string of the molecule is CCN1C(=O)C2ON(c3ccc(Cl)cc3)C(c3cccs3)C2C1=O. The van der Waals surface area contributed by atoms with Gasteiger partial charge in [0.1, 0.15) is 12.0 Å². The zero-order valence-electron chi connectivity index (χ0n) is 12.9. The van der Waals surface area contributed by atoms with Crippen LogP contribution in [0.15, 0.2) is 41.8 Å². The molecule has 0 spiro atoms. The Balaban J connectivity index is 1.78. The summed E-state index contributed by atoms with van der Waals surface area (Å²) in [5, 5.41) is 4.26. The first kappa shape index (κ1) is 15.6. The Labute approximate surface area is 148 Å². The Morgan fingerprint density at radius 3 is 2.54 bits per heavy atom. The van der Waals surface area contributed by atoms with Gasteiger partial charge in [0.15, 0.2) is 6.10 Å². The summed E-state index contributed by atoms with van der Waals surface area (Å²) in [5.41, 5.74) is 0.774. The minimum Gasteiger partial charge on any atom is -0.280 e. The first-order valence-corrected chi connectivity index (χ1v) is 8.97. The minimum atomic E-state index is -0.764. The number of nitrogens with zero attached hydrogens (tertiary/aromatic N) is 2. The number of likely N-dealkylation sites (N-methyl/N-ethyl adjacent to an activating group) is 1. The molecule has 0 saturated carbocycles. The molecule has 0 bridgehead atoms. The number of anilines is 1. The highest BCUT2D eigenvalue weighted by Crippen LogP contribution is 2.47. The van der Waals surface area contributed by atoms with E-state index in [1.807, 2.05) is 29.6 Å². The number of amides is 2. The van der Waals surface area contributed by atoms with Gasteiger partial charge in [-0.15, -0.1) is 11.3 Å². The normalized spacial score (nSPS) is 26.3. The van der Waals surface area contributed by atoms with Crippen LogP contribution in [0.3, 0.4) is 0 Å². The molecule has 124 valence electrons. The highest BCUT2D eigenvalue weighted by molar-refractivity contribution is 7.10. The van der Waals surface area contributed by atoms with Gasteiger partial charge < -0.3 is 0 Å². The fourth-order valence-electron chi connectivity index (χ4n) is 3.34. The maximum Gasteiger partial charge on any atom is 0.261 e. The van der Waals surface area contributed by atoms with Crippen LogP contribution < -0.4 is 5.06 Å². The van der Waals surface area contributed by atoms with E-state index in [9.17, 15) is 9.59 Å². The minimum absolute atomic E-state index is 0.164. The van der Waals surface area contributed by atoms with Crippen LogP contribution in [0.4, 0.5) is 5.69 Å². The van der Waals surface area contributed by atoms with E-state index < -0.39 is 12.0 Å². The third-order valence-corrected chi connectivity index (χ3v) is 5.63. The van der Waals surface area contributed by atoms with E-state index in [4.69, 9.17) is 16.4 Å². The lowest BCUT2D eigenvalue weighted by atomic mass is 9.95. The van der Waals surface area contributed by atoms with Crippen molar-refractivity contribution in [1.29, 1.82) is 0 Å². The van der Waals surface area contributed by atoms with Crippen molar-refractivity contribution >= 4 is 40.4 Å². The molecule has 1 aromatic heterocycles. The third-order valence-electron chi connectivity index (χ3n) is 4.44. The highest BCUT2D eigenvalue weighted by Gasteiger charge is 2.59. The number of fused-ring (bicyclic) bond motifs is 1. The third kappa shape index (κ3) is 2.25. The summed E-state index contributed by atoms with van der Waals surface area (Å²) in [7, 11) is 0. The van der Waals surface area contributed by atoms with Crippen molar-refractivity contribution in [1.82, 2.24) is 4.90 Å². The second-order valence-electron chi connectivity index (χ2n) is 5.73. The molecule has 4 rings (SSSR count). The Bertz CT molecular complexity index is 778. The van der Waals surface area contributed by atoms with Gasteiger partial charge in [0.05, 0.1) is 5.69 Å². The van der Waals surface area contributed by atoms with Gasteiger partial charge in [0, 0.05) is 16.4 Å². The molecular weight excluding hydrogens is 348 g/mol. The molecule has 3 atom stereocenters. The molecule has 3 unspecified atom stereocenters. The smallest absolute Gasteiger partial charge is 0.261 e. The molecule has 2 amide bonds. The van der Waals surface area contributed by atoms with E-state index >= 15 is 0 Å². The summed E-state index contributed by atoms with van der Waals surface area (Å²) < 4.78 is 0. The predicted molar refractivity (Wildman–Crippen MR) is 91.7 cm³/mol. The van der Waals surface area contributed by atoms with Gasteiger partial charge in [-0.25, -0.2) is 5.06 Å². The summed E-state index contributed by atoms with van der Waals surface area (Å²) in [6, 6.07) is 10.8. The maximum atomic E-state index is 12.7. The lowest BCUT2D eigenvalue weighted by Crippen LogP contribution is -2.36. The van der Waals surface area contributed by atoms with Crippen LogP contribution in [0.1, 0.15) is 17.8 Å². The van der Waals surface area contributed by atoms with Crippen LogP contribution in [-0.4, -0.2) is 29.4 Å². The molecule has 2 aliphatic rings. The van der Waals surface area contributed by atoms with Crippen LogP contribution in [0, 0.1) is 5.92 Å². The van der Waals surface area contributed by atoms with Gasteiger partial charge >= 0.3 is 0 Å². The zero-order chi connectivity index (χ0) is 16.8. The molecule has 0 N–H and O–H groups in total. The first-order valence-electron chi connectivity index (χ1n) is 7.72. The summed E-state index contributed by atoms with van der Waals surface area (Å²) in [5.74, 6) is -0.945. The number of hydrogen-bond donors (Lipinski definition) is 0. The van der Waals surface area contributed by atoms with Gasteiger partial charge in [-0.3, -0.25) is 19.3 Å². The van der Waals surface area contributed by atoms with E-state index in [-0.39, 0.29) is 17.9 Å². The van der Waals surface area contributed by atoms with Crippen LogP contribution in [0.5, 0.6) is 0 Å². The Kier molecular flexibility index (Phi) is 3.83. The van der Waals surface area contributed by atoms with Crippen molar-refractivity contribution in [3.63, 3.8) is 0 Å². The van der Waals surface area contributed by atoms with Gasteiger partial charge in [0.2, 0.25) is 5.91 Å². The fourth-order valence-corrected chi connectivity index (χ4v) is 4.32. The van der Waals surface area contributed by atoms with Gasteiger partial charge in [-0.1, -0.05) is 17.7 Å². The maximum absolute atomic E-state index is 12.7. The molecule has 5 nitrogen and oxygen atoms in total. The largest absolute Gasteiger partial charge is 0.280 e. The number of carbonyl (C=O) groups excluding carboxylic acids is 2. The number of hydroxylamine groups is 1. The zero-order valence-corrected chi connectivity index (χ0v) is 14.5. The summed E-state index contributed by atoms with van der Waals surface area (Å²) in [6.45, 7) is 2.17. The van der Waals surface area contributed by atoms with Crippen LogP contribution in [0.2, 0.25) is 5.02 Å². The molecule has 24 heavy (non-hydrogen) atoms. The molecule has 0 radical (unpaired) electrons. The number of likely N-dealkylation sites (tertiary alicyclic amines) is 1. The van der Waals surface area contributed by atoms with Crippen molar-refractivity contribution in [3.8, 4) is 0 Å². The highest BCUT2D eigenvalue weighted by atomic mass is 35.5. The predicted octanol–water partition coefficient (Wildman–Crippen LogP) is 3.27. The number of thiophene rings is 1. The van der Waals surface area contributed by atoms with Crippen LogP contribution >= 0.6 is 22.9 Å². The lowest BCUT2D eigenvalue weighted by Gasteiger charge is -2.27. The molecule has 0 aliphatic carbocycles. The standard InChI is InChI=1S/C17H15ClN2O3S/c1-2-19-16(21)13-14(12-4-3-9-24-12)20(23-15(13)17(19)22)11-7-5-10(18)6-8-11/h3-9,13-15H,2H2,1H3. The van der Waals surface area contributed by atoms with Crippen molar-refractivity contribution in [3.05, 3.63) is 51.7 Å². The molecule has 2 aromatic rings. The van der Waals surface area contributed by atoms with Gasteiger partial charge in [-0.2, -0.15) is 0 Å². The van der Waals surface area contributed by atoms with E-state index in [1.54, 1.807) is 35.5 Å². The van der Waals surface area contributed by atoms with E-state index in [2.05, 4.69) is 0 Å². The monoisotopic (exact) mass is 362 g/mol. The van der Waals surface area contributed by atoms with Crippen molar-refractivity contribution in [2.24, 2.45) is 5.92 Å². The topological polar surface area (TPSA) is 49.9 Å². The van der Waals surface area contributed by atoms with E-state index in [0.29, 0.717) is 11.6 Å². The van der Waals surface area contributed by atoms with Crippen molar-refractivity contribution in [2.75, 3.05) is 11.6 Å². The van der Waals surface area contributed by atoms with Crippen molar-refractivity contribution < 1.29 is 14.4 Å². The summed E-state index contributed by atoms with van der Waals surface area (Å²) >= 11 is 7.52. The lowest BCUT2D eigenvalue weighted by molar-refractivity contribution is -0.142. The fraction of sp³-hybridized carbons (Fsp3) is 0.294. The second kappa shape index (κ2) is 5.88. The average Bonchev–Trinajstić information content (AvgIpc) is 3.27. The van der Waals surface area contributed by atoms with Gasteiger partial charge in [-0.05, 0) is 42.6 Å². The Hall–Kier alpha value is -1.89. The molecular formula is C17H15ClN2O3S. The Morgan fingerprint density at radius 2 is 1.92 bits per heavy atom. The Morgan fingerprint density at radius 1 is 1.17 bits per heavy atom. The molecule has 1 aromatic carbocycles. The van der Waals surface area contributed by atoms with E-state index in [0.717, 1.165) is 10.6 Å².